The number of aliphatic imine (C=N–C) groups is 2. The Hall–Kier alpha value is -3.48. The van der Waals surface area contributed by atoms with Crippen molar-refractivity contribution in [3.05, 3.63) is 65.7 Å². The van der Waals surface area contributed by atoms with Gasteiger partial charge < -0.3 is 15.8 Å². The Bertz CT molecular complexity index is 958. The maximum Gasteiger partial charge on any atom is 0.291 e. The highest BCUT2D eigenvalue weighted by Crippen LogP contribution is 2.24. The van der Waals surface area contributed by atoms with Gasteiger partial charge in [-0.05, 0) is 6.07 Å². The van der Waals surface area contributed by atoms with Gasteiger partial charge in [-0.3, -0.25) is 10.2 Å². The first kappa shape index (κ1) is 19.3. The minimum atomic E-state index is -1.13. The van der Waals surface area contributed by atoms with Crippen LogP contribution in [0, 0.1) is 10.8 Å². The lowest BCUT2D eigenvalue weighted by Crippen LogP contribution is -2.32. The molecule has 2 aromatic rings. The molecule has 4 N–H and O–H groups in total. The molecule has 7 nitrogen and oxygen atoms in total. The zero-order valence-electron chi connectivity index (χ0n) is 16.1. The lowest BCUT2D eigenvalue weighted by atomic mass is 9.97. The second kappa shape index (κ2) is 7.64. The number of benzodiazepines with no additional fused rings is 1. The molecule has 7 heteroatoms. The highest BCUT2D eigenvalue weighted by atomic mass is 16.5. The third kappa shape index (κ3) is 4.25. The predicted octanol–water partition coefficient (Wildman–Crippen LogP) is 3.16. The maximum atomic E-state index is 12.7. The molecule has 1 aliphatic rings. The van der Waals surface area contributed by atoms with Crippen molar-refractivity contribution in [2.75, 3.05) is 5.32 Å². The van der Waals surface area contributed by atoms with E-state index in [1.807, 2.05) is 75.4 Å². The monoisotopic (exact) mass is 377 g/mol. The van der Waals surface area contributed by atoms with Crippen molar-refractivity contribution in [3.8, 4) is 0 Å². The van der Waals surface area contributed by atoms with Crippen molar-refractivity contribution in [3.63, 3.8) is 0 Å². The van der Waals surface area contributed by atoms with E-state index in [9.17, 15) is 4.79 Å². The zero-order chi connectivity index (χ0) is 20.3. The van der Waals surface area contributed by atoms with E-state index in [1.54, 1.807) is 0 Å². The number of hydrogen-bond acceptors (Lipinski definition) is 5. The second-order valence-corrected chi connectivity index (χ2v) is 7.40. The quantitative estimate of drug-likeness (QED) is 0.552. The number of nitrogens with zero attached hydrogens (tertiary/aromatic N) is 2. The zero-order valence-corrected chi connectivity index (χ0v) is 16.1. The molecule has 1 unspecified atom stereocenters. The van der Waals surface area contributed by atoms with Crippen LogP contribution in [0.25, 0.3) is 0 Å². The molecular weight excluding hydrogens is 354 g/mol. The van der Waals surface area contributed by atoms with Gasteiger partial charge in [-0.25, -0.2) is 4.99 Å². The van der Waals surface area contributed by atoms with Crippen LogP contribution in [-0.4, -0.2) is 29.7 Å². The van der Waals surface area contributed by atoms with Crippen LogP contribution in [0.15, 0.2) is 64.6 Å². The topological polar surface area (TPSA) is 113 Å². The molecule has 0 saturated heterocycles. The molecule has 144 valence electrons. The third-order valence-electron chi connectivity index (χ3n) is 4.11. The Morgan fingerprint density at radius 3 is 2.46 bits per heavy atom. The smallest absolute Gasteiger partial charge is 0.291 e. The number of ether oxygens (including phenoxy) is 1. The summed E-state index contributed by atoms with van der Waals surface area (Å²) in [5.41, 5.74) is 8.24. The van der Waals surface area contributed by atoms with E-state index in [0.29, 0.717) is 11.4 Å². The summed E-state index contributed by atoms with van der Waals surface area (Å²) >= 11 is 0. The van der Waals surface area contributed by atoms with Crippen LogP contribution < -0.4 is 11.1 Å². The molecule has 1 heterocycles. The van der Waals surface area contributed by atoms with Crippen LogP contribution >= 0.6 is 0 Å². The van der Waals surface area contributed by atoms with Gasteiger partial charge in [0.2, 0.25) is 6.17 Å². The number of carbonyl (C=O) groups is 1. The van der Waals surface area contributed by atoms with Gasteiger partial charge in [0.25, 0.3) is 11.9 Å². The summed E-state index contributed by atoms with van der Waals surface area (Å²) in [6, 6.07) is 16.7. The summed E-state index contributed by atoms with van der Waals surface area (Å²) in [4.78, 5) is 21.4. The van der Waals surface area contributed by atoms with Crippen LogP contribution in [-0.2, 0) is 9.53 Å². The number of carbonyl (C=O) groups excluding carboxylic acids is 1. The maximum absolute atomic E-state index is 12.7. The highest BCUT2D eigenvalue weighted by molar-refractivity contribution is 6.19. The lowest BCUT2D eigenvalue weighted by molar-refractivity contribution is -0.117. The standard InChI is InChI=1S/C21H23N5O2/c1-21(2,3)19(22)28-20(23)26-17-18(27)24-15-12-8-7-11-14(15)16(25-17)13-9-5-4-6-10-13/h4-12,17,22H,1-3H3,(H2,23,26)(H,24,27). The van der Waals surface area contributed by atoms with Gasteiger partial charge >= 0.3 is 0 Å². The average Bonchev–Trinajstić information content (AvgIpc) is 2.78. The molecule has 1 aliphatic heterocycles. The Labute approximate surface area is 163 Å². The molecule has 1 amide bonds. The number of amides is 1. The van der Waals surface area contributed by atoms with E-state index < -0.39 is 17.5 Å². The van der Waals surface area contributed by atoms with Gasteiger partial charge in [-0.15, -0.1) is 0 Å². The molecule has 2 aromatic carbocycles. The number of fused-ring (bicyclic) bond motifs is 1. The number of rotatable bonds is 2. The molecule has 0 fully saturated rings. The molecule has 1 atom stereocenters. The van der Waals surface area contributed by atoms with Gasteiger partial charge in [-0.1, -0.05) is 69.3 Å². The van der Waals surface area contributed by atoms with Crippen molar-refractivity contribution in [2.24, 2.45) is 21.1 Å². The van der Waals surface area contributed by atoms with Crippen LogP contribution in [0.4, 0.5) is 5.69 Å². The normalized spacial score (nSPS) is 17.1. The molecular formula is C21H23N5O2. The molecule has 0 aliphatic carbocycles. The summed E-state index contributed by atoms with van der Waals surface area (Å²) in [5, 5.41) is 10.8. The Kier molecular flexibility index (Phi) is 5.26. The molecule has 0 radical (unpaired) electrons. The van der Waals surface area contributed by atoms with Gasteiger partial charge in [-0.2, -0.15) is 4.99 Å². The Morgan fingerprint density at radius 1 is 1.14 bits per heavy atom. The van der Waals surface area contributed by atoms with Crippen LogP contribution in [0.2, 0.25) is 0 Å². The highest BCUT2D eigenvalue weighted by Gasteiger charge is 2.27. The lowest BCUT2D eigenvalue weighted by Gasteiger charge is -2.19. The van der Waals surface area contributed by atoms with Gasteiger partial charge in [0.1, 0.15) is 0 Å². The fourth-order valence-electron chi connectivity index (χ4n) is 2.56. The van der Waals surface area contributed by atoms with Gasteiger partial charge in [0.15, 0.2) is 5.90 Å². The van der Waals surface area contributed by atoms with Crippen molar-refractivity contribution in [1.29, 1.82) is 5.41 Å². The minimum Gasteiger partial charge on any atom is -0.411 e. The molecule has 0 saturated carbocycles. The van der Waals surface area contributed by atoms with E-state index in [-0.39, 0.29) is 11.9 Å². The number of benzene rings is 2. The molecule has 0 aromatic heterocycles. The minimum absolute atomic E-state index is 0.0432. The largest absolute Gasteiger partial charge is 0.411 e. The first-order valence-electron chi connectivity index (χ1n) is 8.89. The summed E-state index contributed by atoms with van der Waals surface area (Å²) in [6.45, 7) is 5.47. The van der Waals surface area contributed by atoms with Gasteiger partial charge in [0.05, 0.1) is 11.4 Å². The second-order valence-electron chi connectivity index (χ2n) is 7.40. The number of anilines is 1. The predicted molar refractivity (Wildman–Crippen MR) is 111 cm³/mol. The van der Waals surface area contributed by atoms with Crippen molar-refractivity contribution in [2.45, 2.75) is 26.9 Å². The number of nitrogens with one attached hydrogen (secondary N) is 2. The summed E-state index contributed by atoms with van der Waals surface area (Å²) in [6.07, 6.45) is -1.13. The van der Waals surface area contributed by atoms with Gasteiger partial charge in [0, 0.05) is 16.5 Å². The SMILES string of the molecule is CC(C)(C)C(=N)O/C(N)=N/C1N=C(c2ccccc2)c2ccccc2NC1=O. The molecule has 3 rings (SSSR count). The van der Waals surface area contributed by atoms with E-state index in [1.165, 1.54) is 0 Å². The van der Waals surface area contributed by atoms with E-state index >= 15 is 0 Å². The fraction of sp³-hybridized carbons (Fsp3) is 0.238. The molecule has 28 heavy (non-hydrogen) atoms. The number of para-hydroxylation sites is 1. The van der Waals surface area contributed by atoms with Crippen LogP contribution in [0.3, 0.4) is 0 Å². The number of amidine groups is 1. The third-order valence-corrected chi connectivity index (χ3v) is 4.11. The first-order chi connectivity index (χ1) is 13.3. The summed E-state index contributed by atoms with van der Waals surface area (Å²) in [7, 11) is 0. The van der Waals surface area contributed by atoms with Crippen molar-refractivity contribution in [1.82, 2.24) is 0 Å². The molecule has 0 bridgehead atoms. The fourth-order valence-corrected chi connectivity index (χ4v) is 2.56. The van der Waals surface area contributed by atoms with E-state index in [0.717, 1.165) is 11.1 Å². The van der Waals surface area contributed by atoms with Crippen LogP contribution in [0.1, 0.15) is 31.9 Å². The van der Waals surface area contributed by atoms with E-state index in [2.05, 4.69) is 15.3 Å². The van der Waals surface area contributed by atoms with Crippen molar-refractivity contribution < 1.29 is 9.53 Å². The number of hydrogen-bond donors (Lipinski definition) is 3. The van der Waals surface area contributed by atoms with E-state index in [4.69, 9.17) is 15.9 Å². The van der Waals surface area contributed by atoms with Crippen LogP contribution in [0.5, 0.6) is 0 Å². The Balaban J connectivity index is 2.02. The van der Waals surface area contributed by atoms with Crippen molar-refractivity contribution >= 4 is 29.2 Å². The first-order valence-corrected chi connectivity index (χ1v) is 8.89. The average molecular weight is 377 g/mol. The number of nitrogens with two attached hydrogens (primary N) is 1. The Morgan fingerprint density at radius 2 is 1.79 bits per heavy atom. The summed E-state index contributed by atoms with van der Waals surface area (Å²) < 4.78 is 5.29. The summed E-state index contributed by atoms with van der Waals surface area (Å²) in [5.74, 6) is -0.467. The molecule has 0 spiro atoms.